The number of hydrogen-bond donors (Lipinski definition) is 1. The molecule has 0 aliphatic carbocycles. The molecule has 0 radical (unpaired) electrons. The van der Waals surface area contributed by atoms with Gasteiger partial charge in [0.05, 0.1) is 17.4 Å². The van der Waals surface area contributed by atoms with E-state index >= 15 is 0 Å². The van der Waals surface area contributed by atoms with Crippen LogP contribution in [0.2, 0.25) is 0 Å². The second-order valence-corrected chi connectivity index (χ2v) is 7.02. The third-order valence-electron chi connectivity index (χ3n) is 3.57. The van der Waals surface area contributed by atoms with Gasteiger partial charge in [0.15, 0.2) is 9.84 Å². The lowest BCUT2D eigenvalue weighted by molar-refractivity contribution is 0.175. The topological polar surface area (TPSA) is 73.2 Å². The molecule has 0 saturated carbocycles. The fraction of sp³-hybridized carbons (Fsp3) is 0.500. The van der Waals surface area contributed by atoms with Gasteiger partial charge in [-0.05, 0) is 17.7 Å². The molecule has 1 aliphatic rings. The second kappa shape index (κ2) is 9.33. The Bertz CT molecular complexity index is 594. The fourth-order valence-corrected chi connectivity index (χ4v) is 3.11. The predicted octanol–water partition coefficient (Wildman–Crippen LogP) is 1.79. The first kappa shape index (κ1) is 21.2. The van der Waals surface area contributed by atoms with E-state index in [1.165, 1.54) is 6.26 Å². The van der Waals surface area contributed by atoms with Gasteiger partial charge in [-0.15, -0.1) is 24.8 Å². The lowest BCUT2D eigenvalue weighted by atomic mass is 10.0. The van der Waals surface area contributed by atoms with Crippen LogP contribution in [0, 0.1) is 11.3 Å². The molecule has 22 heavy (non-hydrogen) atoms. The first-order chi connectivity index (χ1) is 9.52. The van der Waals surface area contributed by atoms with Crippen molar-refractivity contribution in [2.45, 2.75) is 17.4 Å². The minimum absolute atomic E-state index is 0. The Labute approximate surface area is 144 Å². The molecule has 1 aromatic rings. The SMILES string of the molecule is CS(=O)(=O)c1ccc([C@@H](CC#N)N2CCNCC2)cc1.Cl.Cl. The summed E-state index contributed by atoms with van der Waals surface area (Å²) in [6.07, 6.45) is 1.61. The monoisotopic (exact) mass is 365 g/mol. The van der Waals surface area contributed by atoms with E-state index in [9.17, 15) is 8.42 Å². The second-order valence-electron chi connectivity index (χ2n) is 5.01. The number of hydrogen-bond acceptors (Lipinski definition) is 5. The van der Waals surface area contributed by atoms with Gasteiger partial charge in [0, 0.05) is 38.5 Å². The molecule has 0 bridgehead atoms. The number of rotatable bonds is 4. The van der Waals surface area contributed by atoms with Gasteiger partial charge in [0.1, 0.15) is 0 Å². The molecule has 2 rings (SSSR count). The normalized spacial score (nSPS) is 16.7. The third-order valence-corrected chi connectivity index (χ3v) is 4.70. The number of halogens is 2. The Morgan fingerprint density at radius 3 is 2.23 bits per heavy atom. The van der Waals surface area contributed by atoms with Gasteiger partial charge in [0.25, 0.3) is 0 Å². The van der Waals surface area contributed by atoms with E-state index in [2.05, 4.69) is 16.3 Å². The zero-order chi connectivity index (χ0) is 14.6. The zero-order valence-corrected chi connectivity index (χ0v) is 14.8. The smallest absolute Gasteiger partial charge is 0.175 e. The fourth-order valence-electron chi connectivity index (χ4n) is 2.48. The van der Waals surface area contributed by atoms with E-state index in [0.29, 0.717) is 11.3 Å². The average Bonchev–Trinajstić information content (AvgIpc) is 2.45. The highest BCUT2D eigenvalue weighted by Gasteiger charge is 2.22. The van der Waals surface area contributed by atoms with Crippen LogP contribution in [-0.4, -0.2) is 45.8 Å². The van der Waals surface area contributed by atoms with Crippen LogP contribution in [-0.2, 0) is 9.84 Å². The van der Waals surface area contributed by atoms with Gasteiger partial charge in [-0.25, -0.2) is 8.42 Å². The van der Waals surface area contributed by atoms with E-state index in [1.54, 1.807) is 12.1 Å². The van der Waals surface area contributed by atoms with Crippen molar-refractivity contribution in [2.75, 3.05) is 32.4 Å². The van der Waals surface area contributed by atoms with E-state index in [0.717, 1.165) is 31.7 Å². The highest BCUT2D eigenvalue weighted by Crippen LogP contribution is 2.25. The Morgan fingerprint density at radius 1 is 1.23 bits per heavy atom. The van der Waals surface area contributed by atoms with Gasteiger partial charge in [0.2, 0.25) is 0 Å². The van der Waals surface area contributed by atoms with Crippen molar-refractivity contribution >= 4 is 34.7 Å². The Morgan fingerprint density at radius 2 is 1.77 bits per heavy atom. The molecule has 8 heteroatoms. The van der Waals surface area contributed by atoms with Crippen LogP contribution < -0.4 is 5.32 Å². The summed E-state index contributed by atoms with van der Waals surface area (Å²) in [5, 5.41) is 12.3. The molecule has 0 unspecified atom stereocenters. The highest BCUT2D eigenvalue weighted by molar-refractivity contribution is 7.90. The number of nitrogens with one attached hydrogen (secondary N) is 1. The molecule has 0 spiro atoms. The summed E-state index contributed by atoms with van der Waals surface area (Å²) in [6.45, 7) is 3.65. The molecule has 1 aromatic carbocycles. The number of piperazine rings is 1. The molecule has 5 nitrogen and oxygen atoms in total. The standard InChI is InChI=1S/C14H19N3O2S.2ClH/c1-20(18,19)13-4-2-12(3-5-13)14(6-7-15)17-10-8-16-9-11-17;;/h2-5,14,16H,6,8-11H2,1H3;2*1H/t14-;;/m1../s1. The van der Waals surface area contributed by atoms with Crippen molar-refractivity contribution in [1.29, 1.82) is 5.26 Å². The average molecular weight is 366 g/mol. The number of benzene rings is 1. The van der Waals surface area contributed by atoms with Crippen LogP contribution in [0.3, 0.4) is 0 Å². The van der Waals surface area contributed by atoms with Gasteiger partial charge < -0.3 is 5.32 Å². The van der Waals surface area contributed by atoms with Crippen LogP contribution in [0.4, 0.5) is 0 Å². The zero-order valence-electron chi connectivity index (χ0n) is 12.4. The molecule has 1 aliphatic heterocycles. The van der Waals surface area contributed by atoms with Crippen molar-refractivity contribution in [3.63, 3.8) is 0 Å². The first-order valence-corrected chi connectivity index (χ1v) is 8.53. The lowest BCUT2D eigenvalue weighted by Crippen LogP contribution is -2.45. The minimum atomic E-state index is -3.17. The maximum atomic E-state index is 11.5. The molecule has 124 valence electrons. The van der Waals surface area contributed by atoms with Gasteiger partial charge in [-0.2, -0.15) is 5.26 Å². The van der Waals surface area contributed by atoms with Gasteiger partial charge >= 0.3 is 0 Å². The molecule has 1 N–H and O–H groups in total. The van der Waals surface area contributed by atoms with Crippen LogP contribution in [0.1, 0.15) is 18.0 Å². The number of nitrogens with zero attached hydrogens (tertiary/aromatic N) is 2. The summed E-state index contributed by atoms with van der Waals surface area (Å²) in [5.41, 5.74) is 1.00. The molecule has 0 amide bonds. The molecule has 0 aromatic heterocycles. The van der Waals surface area contributed by atoms with Gasteiger partial charge in [-0.1, -0.05) is 12.1 Å². The molecule has 1 heterocycles. The van der Waals surface area contributed by atoms with Crippen molar-refractivity contribution in [3.8, 4) is 6.07 Å². The Balaban J connectivity index is 0.00000220. The van der Waals surface area contributed by atoms with Crippen LogP contribution >= 0.6 is 24.8 Å². The molecule has 1 atom stereocenters. The van der Waals surface area contributed by atoms with Crippen molar-refractivity contribution in [2.24, 2.45) is 0 Å². The summed E-state index contributed by atoms with van der Waals surface area (Å²) in [7, 11) is -3.17. The molecular formula is C14H21Cl2N3O2S. The quantitative estimate of drug-likeness (QED) is 0.880. The molecular weight excluding hydrogens is 345 g/mol. The summed E-state index contributed by atoms with van der Waals surface area (Å²) in [5.74, 6) is 0. The molecule has 1 saturated heterocycles. The summed E-state index contributed by atoms with van der Waals surface area (Å²) >= 11 is 0. The Kier molecular flexibility index (Phi) is 8.98. The Hall–Kier alpha value is -0.840. The lowest BCUT2D eigenvalue weighted by Gasteiger charge is -2.34. The predicted molar refractivity (Wildman–Crippen MR) is 91.5 cm³/mol. The van der Waals surface area contributed by atoms with E-state index < -0.39 is 9.84 Å². The van der Waals surface area contributed by atoms with E-state index in [1.807, 2.05) is 12.1 Å². The maximum Gasteiger partial charge on any atom is 0.175 e. The van der Waals surface area contributed by atoms with Crippen LogP contribution in [0.15, 0.2) is 29.2 Å². The number of sulfone groups is 1. The largest absolute Gasteiger partial charge is 0.314 e. The first-order valence-electron chi connectivity index (χ1n) is 6.64. The van der Waals surface area contributed by atoms with Crippen molar-refractivity contribution in [3.05, 3.63) is 29.8 Å². The summed E-state index contributed by atoms with van der Waals surface area (Å²) < 4.78 is 22.9. The summed E-state index contributed by atoms with van der Waals surface area (Å²) in [6, 6.07) is 9.15. The molecule has 1 fully saturated rings. The van der Waals surface area contributed by atoms with Crippen LogP contribution in [0.5, 0.6) is 0 Å². The third kappa shape index (κ3) is 5.41. The van der Waals surface area contributed by atoms with E-state index in [4.69, 9.17) is 5.26 Å². The highest BCUT2D eigenvalue weighted by atomic mass is 35.5. The maximum absolute atomic E-state index is 11.5. The van der Waals surface area contributed by atoms with Gasteiger partial charge in [-0.3, -0.25) is 4.90 Å². The van der Waals surface area contributed by atoms with E-state index in [-0.39, 0.29) is 30.9 Å². The summed E-state index contributed by atoms with van der Waals surface area (Å²) in [4.78, 5) is 2.59. The number of nitriles is 1. The minimum Gasteiger partial charge on any atom is -0.314 e. The van der Waals surface area contributed by atoms with Crippen molar-refractivity contribution < 1.29 is 8.42 Å². The van der Waals surface area contributed by atoms with Crippen molar-refractivity contribution in [1.82, 2.24) is 10.2 Å². The van der Waals surface area contributed by atoms with Crippen LogP contribution in [0.25, 0.3) is 0 Å².